The molecule has 0 amide bonds. The summed E-state index contributed by atoms with van der Waals surface area (Å²) in [6.07, 6.45) is 1.76. The summed E-state index contributed by atoms with van der Waals surface area (Å²) in [5.41, 5.74) is 2.48. The van der Waals surface area contributed by atoms with Crippen LogP contribution in [0, 0.1) is 0 Å². The molecule has 1 N–H and O–H groups in total. The average Bonchev–Trinajstić information content (AvgIpc) is 2.29. The van der Waals surface area contributed by atoms with E-state index in [-0.39, 0.29) is 5.97 Å². The summed E-state index contributed by atoms with van der Waals surface area (Å²) in [5, 5.41) is 3.11. The van der Waals surface area contributed by atoms with Gasteiger partial charge in [0.05, 0.1) is 12.2 Å². The molecule has 0 radical (unpaired) electrons. The number of nitrogens with one attached hydrogen (secondary N) is 1. The molecule has 0 bridgehead atoms. The third-order valence-electron chi connectivity index (χ3n) is 2.15. The Hall–Kier alpha value is -1.84. The molecule has 1 aliphatic rings. The molecular formula is C11H12N2O2. The third-order valence-corrected chi connectivity index (χ3v) is 2.15. The average molecular weight is 204 g/mol. The monoisotopic (exact) mass is 204 g/mol. The molecule has 1 aromatic rings. The van der Waals surface area contributed by atoms with Crippen molar-refractivity contribution < 1.29 is 9.53 Å². The first-order valence-electron chi connectivity index (χ1n) is 4.86. The van der Waals surface area contributed by atoms with Crippen molar-refractivity contribution >= 4 is 17.9 Å². The molecule has 1 heterocycles. The van der Waals surface area contributed by atoms with Gasteiger partial charge in [-0.3, -0.25) is 4.99 Å². The second kappa shape index (κ2) is 4.13. The number of fused-ring (bicyclic) bond motifs is 1. The minimum absolute atomic E-state index is 0.292. The van der Waals surface area contributed by atoms with Gasteiger partial charge in [0.15, 0.2) is 0 Å². The fraction of sp³-hybridized carbons (Fsp3) is 0.273. The maximum atomic E-state index is 11.4. The molecule has 0 saturated heterocycles. The Morgan fingerprint density at radius 1 is 1.60 bits per heavy atom. The first-order chi connectivity index (χ1) is 7.31. The van der Waals surface area contributed by atoms with E-state index in [2.05, 4.69) is 10.3 Å². The number of nitrogens with zero attached hydrogens (tertiary/aromatic N) is 1. The summed E-state index contributed by atoms with van der Waals surface area (Å²) in [6.45, 7) is 2.77. The largest absolute Gasteiger partial charge is 0.462 e. The lowest BCUT2D eigenvalue weighted by molar-refractivity contribution is 0.0526. The van der Waals surface area contributed by atoms with Gasteiger partial charge < -0.3 is 10.1 Å². The van der Waals surface area contributed by atoms with Crippen LogP contribution in [-0.2, 0) is 4.74 Å². The van der Waals surface area contributed by atoms with Crippen molar-refractivity contribution in [3.8, 4) is 0 Å². The maximum Gasteiger partial charge on any atom is 0.338 e. The molecule has 2 rings (SSSR count). The highest BCUT2D eigenvalue weighted by atomic mass is 16.5. The summed E-state index contributed by atoms with van der Waals surface area (Å²) in [5.74, 6) is -0.292. The lowest BCUT2D eigenvalue weighted by Crippen LogP contribution is -2.10. The molecular weight excluding hydrogens is 192 g/mol. The smallest absolute Gasteiger partial charge is 0.338 e. The Labute approximate surface area is 88.0 Å². The van der Waals surface area contributed by atoms with Crippen LogP contribution < -0.4 is 5.32 Å². The summed E-state index contributed by atoms with van der Waals surface area (Å²) in [4.78, 5) is 15.5. The molecule has 4 heteroatoms. The van der Waals surface area contributed by atoms with Crippen molar-refractivity contribution in [1.82, 2.24) is 0 Å². The van der Waals surface area contributed by atoms with Crippen LogP contribution in [0.4, 0.5) is 5.69 Å². The van der Waals surface area contributed by atoms with Crippen molar-refractivity contribution in [2.75, 3.05) is 18.6 Å². The van der Waals surface area contributed by atoms with Crippen molar-refractivity contribution in [3.63, 3.8) is 0 Å². The predicted molar refractivity (Wildman–Crippen MR) is 58.5 cm³/mol. The van der Waals surface area contributed by atoms with Crippen molar-refractivity contribution in [2.24, 2.45) is 4.99 Å². The van der Waals surface area contributed by atoms with E-state index in [9.17, 15) is 4.79 Å². The van der Waals surface area contributed by atoms with E-state index in [1.165, 1.54) is 0 Å². The van der Waals surface area contributed by atoms with Gasteiger partial charge in [0.1, 0.15) is 6.67 Å². The van der Waals surface area contributed by atoms with E-state index in [4.69, 9.17) is 4.74 Å². The third kappa shape index (κ3) is 1.98. The zero-order valence-corrected chi connectivity index (χ0v) is 8.49. The summed E-state index contributed by atoms with van der Waals surface area (Å²) in [6, 6.07) is 5.40. The molecule has 15 heavy (non-hydrogen) atoms. The molecule has 4 nitrogen and oxygen atoms in total. The van der Waals surface area contributed by atoms with Crippen LogP contribution in [-0.4, -0.2) is 25.5 Å². The minimum atomic E-state index is -0.292. The number of carbonyl (C=O) groups excluding carboxylic acids is 1. The number of benzene rings is 1. The summed E-state index contributed by atoms with van der Waals surface area (Å²) >= 11 is 0. The van der Waals surface area contributed by atoms with Gasteiger partial charge in [0.25, 0.3) is 0 Å². The number of hydrogen-bond donors (Lipinski definition) is 1. The van der Waals surface area contributed by atoms with Crippen molar-refractivity contribution in [1.29, 1.82) is 0 Å². The van der Waals surface area contributed by atoms with E-state index >= 15 is 0 Å². The molecule has 0 aromatic heterocycles. The summed E-state index contributed by atoms with van der Waals surface area (Å²) < 4.78 is 4.92. The topological polar surface area (TPSA) is 50.7 Å². The number of ether oxygens (including phenoxy) is 1. The fourth-order valence-corrected chi connectivity index (χ4v) is 1.45. The first kappa shape index (κ1) is 9.71. The minimum Gasteiger partial charge on any atom is -0.462 e. The van der Waals surface area contributed by atoms with Gasteiger partial charge in [0.2, 0.25) is 0 Å². The molecule has 1 aliphatic heterocycles. The quantitative estimate of drug-likeness (QED) is 0.745. The van der Waals surface area contributed by atoms with Gasteiger partial charge in [-0.05, 0) is 25.1 Å². The molecule has 78 valence electrons. The maximum absolute atomic E-state index is 11.4. The lowest BCUT2D eigenvalue weighted by atomic mass is 10.1. The van der Waals surface area contributed by atoms with Crippen LogP contribution in [0.2, 0.25) is 0 Å². The molecule has 0 unspecified atom stereocenters. The highest BCUT2D eigenvalue weighted by molar-refractivity contribution is 5.96. The molecule has 0 saturated carbocycles. The van der Waals surface area contributed by atoms with E-state index in [0.29, 0.717) is 18.8 Å². The number of rotatable bonds is 2. The first-order valence-corrected chi connectivity index (χ1v) is 4.86. The number of aliphatic imine (C=N–C) groups is 1. The van der Waals surface area contributed by atoms with E-state index in [1.807, 2.05) is 6.07 Å². The Kier molecular flexibility index (Phi) is 2.67. The zero-order valence-electron chi connectivity index (χ0n) is 8.49. The molecule has 0 aliphatic carbocycles. The van der Waals surface area contributed by atoms with E-state index in [0.717, 1.165) is 11.3 Å². The van der Waals surface area contributed by atoms with Gasteiger partial charge >= 0.3 is 5.97 Å². The van der Waals surface area contributed by atoms with Gasteiger partial charge in [-0.25, -0.2) is 4.79 Å². The highest BCUT2D eigenvalue weighted by Crippen LogP contribution is 2.18. The lowest BCUT2D eigenvalue weighted by Gasteiger charge is -2.12. The Bertz CT molecular complexity index is 413. The standard InChI is InChI=1S/C11H12N2O2/c1-2-15-11(14)8-3-4-10-9(5-8)6-12-7-13-10/h3-6,13H,2,7H2,1H3. The normalized spacial score (nSPS) is 12.9. The van der Waals surface area contributed by atoms with Crippen LogP contribution in [0.3, 0.4) is 0 Å². The second-order valence-corrected chi connectivity index (χ2v) is 3.17. The number of hydrogen-bond acceptors (Lipinski definition) is 4. The second-order valence-electron chi connectivity index (χ2n) is 3.17. The predicted octanol–water partition coefficient (Wildman–Crippen LogP) is 1.67. The SMILES string of the molecule is CCOC(=O)c1ccc2c(c1)C=NCN2. The van der Waals surface area contributed by atoms with Gasteiger partial charge in [-0.15, -0.1) is 0 Å². The zero-order chi connectivity index (χ0) is 10.7. The van der Waals surface area contributed by atoms with E-state index < -0.39 is 0 Å². The summed E-state index contributed by atoms with van der Waals surface area (Å²) in [7, 11) is 0. The number of carbonyl (C=O) groups is 1. The number of anilines is 1. The van der Waals surface area contributed by atoms with E-state index in [1.54, 1.807) is 25.3 Å². The van der Waals surface area contributed by atoms with Crippen LogP contribution in [0.5, 0.6) is 0 Å². The van der Waals surface area contributed by atoms with Gasteiger partial charge in [0, 0.05) is 17.5 Å². The van der Waals surface area contributed by atoms with Gasteiger partial charge in [-0.1, -0.05) is 0 Å². The van der Waals surface area contributed by atoms with Crippen molar-refractivity contribution in [2.45, 2.75) is 6.92 Å². The Balaban J connectivity index is 2.29. The Morgan fingerprint density at radius 2 is 2.47 bits per heavy atom. The van der Waals surface area contributed by atoms with Crippen LogP contribution in [0.15, 0.2) is 23.2 Å². The molecule has 0 fully saturated rings. The molecule has 1 aromatic carbocycles. The van der Waals surface area contributed by atoms with Gasteiger partial charge in [-0.2, -0.15) is 0 Å². The van der Waals surface area contributed by atoms with Crippen LogP contribution in [0.25, 0.3) is 0 Å². The molecule has 0 atom stereocenters. The molecule has 0 spiro atoms. The fourth-order valence-electron chi connectivity index (χ4n) is 1.45. The van der Waals surface area contributed by atoms with Crippen molar-refractivity contribution in [3.05, 3.63) is 29.3 Å². The Morgan fingerprint density at radius 3 is 3.27 bits per heavy atom. The number of esters is 1. The van der Waals surface area contributed by atoms with Crippen LogP contribution >= 0.6 is 0 Å². The highest BCUT2D eigenvalue weighted by Gasteiger charge is 2.10. The van der Waals surface area contributed by atoms with Crippen LogP contribution in [0.1, 0.15) is 22.8 Å².